The Hall–Kier alpha value is -3.72. The van der Waals surface area contributed by atoms with E-state index in [0.717, 1.165) is 33.0 Å². The Morgan fingerprint density at radius 3 is 2.22 bits per heavy atom. The van der Waals surface area contributed by atoms with Gasteiger partial charge in [-0.25, -0.2) is 9.97 Å². The van der Waals surface area contributed by atoms with Gasteiger partial charge in [0.1, 0.15) is 11.9 Å². The monoisotopic (exact) mass is 346 g/mol. The van der Waals surface area contributed by atoms with Crippen LogP contribution in [0.4, 0.5) is 0 Å². The number of hydrogen-bond acceptors (Lipinski definition) is 3. The van der Waals surface area contributed by atoms with E-state index in [9.17, 15) is 0 Å². The molecule has 4 aromatic carbocycles. The Morgan fingerprint density at radius 1 is 0.593 bits per heavy atom. The van der Waals surface area contributed by atoms with Crippen LogP contribution in [0, 0.1) is 0 Å². The maximum absolute atomic E-state index is 6.08. The van der Waals surface area contributed by atoms with Crippen LogP contribution in [-0.2, 0) is 0 Å². The van der Waals surface area contributed by atoms with Gasteiger partial charge in [0.15, 0.2) is 0 Å². The van der Waals surface area contributed by atoms with Crippen molar-refractivity contribution in [2.75, 3.05) is 0 Å². The van der Waals surface area contributed by atoms with Gasteiger partial charge >= 0.3 is 0 Å². The minimum Gasteiger partial charge on any atom is -0.438 e. The molecule has 0 aliphatic rings. The zero-order chi connectivity index (χ0) is 17.8. The molecule has 0 unspecified atom stereocenters. The summed E-state index contributed by atoms with van der Waals surface area (Å²) in [6.45, 7) is 0. The summed E-state index contributed by atoms with van der Waals surface area (Å²) in [5, 5.41) is 6.76. The number of hydrogen-bond donors (Lipinski definition) is 0. The Labute approximate surface area is 154 Å². The highest BCUT2D eigenvalue weighted by atomic mass is 16.3. The van der Waals surface area contributed by atoms with Crippen molar-refractivity contribution in [2.45, 2.75) is 0 Å². The normalized spacial score (nSPS) is 11.7. The average Bonchev–Trinajstić information content (AvgIpc) is 3.12. The maximum atomic E-state index is 6.08. The van der Waals surface area contributed by atoms with E-state index in [1.165, 1.54) is 16.2 Å². The number of rotatable bonds is 1. The third-order valence-electron chi connectivity index (χ3n) is 5.20. The molecule has 0 atom stereocenters. The predicted molar refractivity (Wildman–Crippen MR) is 110 cm³/mol. The molecular weight excluding hydrogens is 332 g/mol. The van der Waals surface area contributed by atoms with Gasteiger partial charge in [-0.2, -0.15) is 0 Å². The zero-order valence-corrected chi connectivity index (χ0v) is 14.4. The van der Waals surface area contributed by atoms with Crippen molar-refractivity contribution in [1.29, 1.82) is 0 Å². The SMILES string of the molecule is c1ccc2c(-c3ncnc4oc5ccc6ccccc6c5c34)cccc2c1. The highest BCUT2D eigenvalue weighted by Crippen LogP contribution is 2.39. The van der Waals surface area contributed by atoms with E-state index in [1.807, 2.05) is 6.07 Å². The van der Waals surface area contributed by atoms with Crippen LogP contribution in [0.15, 0.2) is 89.6 Å². The van der Waals surface area contributed by atoms with Gasteiger partial charge in [-0.1, -0.05) is 72.8 Å². The minimum atomic E-state index is 0.624. The van der Waals surface area contributed by atoms with Crippen molar-refractivity contribution in [2.24, 2.45) is 0 Å². The second kappa shape index (κ2) is 5.39. The van der Waals surface area contributed by atoms with E-state index in [4.69, 9.17) is 4.42 Å². The summed E-state index contributed by atoms with van der Waals surface area (Å²) in [5.74, 6) is 0. The first-order valence-electron chi connectivity index (χ1n) is 8.93. The largest absolute Gasteiger partial charge is 0.438 e. The quantitative estimate of drug-likeness (QED) is 0.348. The van der Waals surface area contributed by atoms with Gasteiger partial charge in [-0.3, -0.25) is 0 Å². The number of nitrogens with zero attached hydrogens (tertiary/aromatic N) is 2. The number of benzene rings is 4. The molecule has 0 fully saturated rings. The van der Waals surface area contributed by atoms with Crippen molar-refractivity contribution < 1.29 is 4.42 Å². The Bertz CT molecular complexity index is 1470. The van der Waals surface area contributed by atoms with Crippen LogP contribution < -0.4 is 0 Å². The van der Waals surface area contributed by atoms with Gasteiger partial charge in [0.25, 0.3) is 0 Å². The molecule has 126 valence electrons. The predicted octanol–water partition coefficient (Wildman–Crippen LogP) is 6.35. The molecule has 0 amide bonds. The minimum absolute atomic E-state index is 0.624. The van der Waals surface area contributed by atoms with Crippen LogP contribution in [0.5, 0.6) is 0 Å². The Kier molecular flexibility index (Phi) is 2.88. The summed E-state index contributed by atoms with van der Waals surface area (Å²) in [4.78, 5) is 9.10. The molecule has 2 heterocycles. The molecule has 0 saturated carbocycles. The Morgan fingerprint density at radius 2 is 1.33 bits per heavy atom. The molecule has 0 aliphatic heterocycles. The van der Waals surface area contributed by atoms with E-state index < -0.39 is 0 Å². The molecule has 3 nitrogen and oxygen atoms in total. The molecule has 6 rings (SSSR count). The first-order chi connectivity index (χ1) is 13.4. The molecule has 3 heteroatoms. The van der Waals surface area contributed by atoms with Gasteiger partial charge in [-0.05, 0) is 27.6 Å². The standard InChI is InChI=1S/C24H14N2O/c1-3-9-17-15(6-1)8-5-11-19(17)23-22-21-18-10-4-2-7-16(18)12-13-20(21)27-24(22)26-14-25-23/h1-14H. The van der Waals surface area contributed by atoms with Gasteiger partial charge in [-0.15, -0.1) is 0 Å². The summed E-state index contributed by atoms with van der Waals surface area (Å²) < 4.78 is 6.08. The lowest BCUT2D eigenvalue weighted by atomic mass is 9.98. The average molecular weight is 346 g/mol. The summed E-state index contributed by atoms with van der Waals surface area (Å²) in [6.07, 6.45) is 1.59. The molecule has 27 heavy (non-hydrogen) atoms. The van der Waals surface area contributed by atoms with Crippen LogP contribution in [0.25, 0.3) is 54.9 Å². The van der Waals surface area contributed by atoms with Crippen molar-refractivity contribution in [3.8, 4) is 11.3 Å². The van der Waals surface area contributed by atoms with Crippen LogP contribution in [-0.4, -0.2) is 9.97 Å². The van der Waals surface area contributed by atoms with Gasteiger partial charge in [0.05, 0.1) is 11.1 Å². The zero-order valence-electron chi connectivity index (χ0n) is 14.4. The summed E-state index contributed by atoms with van der Waals surface area (Å²) >= 11 is 0. The fourth-order valence-corrected chi connectivity index (χ4v) is 4.01. The highest BCUT2D eigenvalue weighted by molar-refractivity contribution is 6.22. The van der Waals surface area contributed by atoms with E-state index in [0.29, 0.717) is 5.71 Å². The van der Waals surface area contributed by atoms with Gasteiger partial charge in [0, 0.05) is 10.9 Å². The van der Waals surface area contributed by atoms with E-state index in [2.05, 4.69) is 82.8 Å². The van der Waals surface area contributed by atoms with E-state index >= 15 is 0 Å². The number of aromatic nitrogens is 2. The first-order valence-corrected chi connectivity index (χ1v) is 8.93. The lowest BCUT2D eigenvalue weighted by molar-refractivity contribution is 0.653. The lowest BCUT2D eigenvalue weighted by Gasteiger charge is -2.07. The second-order valence-electron chi connectivity index (χ2n) is 6.69. The molecule has 0 radical (unpaired) electrons. The molecule has 0 bridgehead atoms. The van der Waals surface area contributed by atoms with E-state index in [1.54, 1.807) is 6.33 Å². The molecule has 0 spiro atoms. The van der Waals surface area contributed by atoms with Crippen LogP contribution >= 0.6 is 0 Å². The molecule has 0 aliphatic carbocycles. The number of fused-ring (bicyclic) bond motifs is 6. The number of furan rings is 1. The van der Waals surface area contributed by atoms with Gasteiger partial charge < -0.3 is 4.42 Å². The smallest absolute Gasteiger partial charge is 0.231 e. The fourth-order valence-electron chi connectivity index (χ4n) is 4.01. The first kappa shape index (κ1) is 14.4. The maximum Gasteiger partial charge on any atom is 0.231 e. The summed E-state index contributed by atoms with van der Waals surface area (Å²) in [6, 6.07) is 27.2. The molecule has 0 N–H and O–H groups in total. The highest BCUT2D eigenvalue weighted by Gasteiger charge is 2.18. The lowest BCUT2D eigenvalue weighted by Crippen LogP contribution is -1.88. The Balaban J connectivity index is 1.84. The molecule has 6 aromatic rings. The van der Waals surface area contributed by atoms with Crippen LogP contribution in [0.1, 0.15) is 0 Å². The summed E-state index contributed by atoms with van der Waals surface area (Å²) in [7, 11) is 0. The third kappa shape index (κ3) is 2.02. The molecule has 0 saturated heterocycles. The topological polar surface area (TPSA) is 38.9 Å². The van der Waals surface area contributed by atoms with E-state index in [-0.39, 0.29) is 0 Å². The fraction of sp³-hybridized carbons (Fsp3) is 0. The summed E-state index contributed by atoms with van der Waals surface area (Å²) in [5.41, 5.74) is 3.47. The van der Waals surface area contributed by atoms with Crippen molar-refractivity contribution in [1.82, 2.24) is 9.97 Å². The molecule has 2 aromatic heterocycles. The van der Waals surface area contributed by atoms with Crippen molar-refractivity contribution in [3.05, 3.63) is 85.2 Å². The van der Waals surface area contributed by atoms with Crippen LogP contribution in [0.3, 0.4) is 0 Å². The van der Waals surface area contributed by atoms with Gasteiger partial charge in [0.2, 0.25) is 5.71 Å². The van der Waals surface area contributed by atoms with Crippen molar-refractivity contribution in [3.63, 3.8) is 0 Å². The third-order valence-corrected chi connectivity index (χ3v) is 5.20. The van der Waals surface area contributed by atoms with Crippen LogP contribution in [0.2, 0.25) is 0 Å². The van der Waals surface area contributed by atoms with Crippen molar-refractivity contribution >= 4 is 43.6 Å². The second-order valence-corrected chi connectivity index (χ2v) is 6.69. The molecular formula is C24H14N2O.